The molecular weight excluding hydrogens is 323 g/mol. The van der Waals surface area contributed by atoms with Crippen LogP contribution in [0.2, 0.25) is 0 Å². The molecule has 2 fully saturated rings. The van der Waals surface area contributed by atoms with Gasteiger partial charge in [-0.1, -0.05) is 0 Å². The van der Waals surface area contributed by atoms with Gasteiger partial charge < -0.3 is 10.1 Å². The maximum absolute atomic E-state index is 13.7. The monoisotopic (exact) mass is 337 g/mol. The molecule has 10 heteroatoms. The molecule has 0 aromatic rings. The van der Waals surface area contributed by atoms with E-state index in [-0.39, 0.29) is 6.42 Å². The number of hydrogen-bond donors (Lipinski definition) is 1. The summed E-state index contributed by atoms with van der Waals surface area (Å²) in [5.41, 5.74) is 0. The predicted molar refractivity (Wildman–Crippen MR) is 59.7 cm³/mol. The van der Waals surface area contributed by atoms with E-state index >= 15 is 0 Å². The van der Waals surface area contributed by atoms with Gasteiger partial charge in [-0.2, -0.15) is 26.3 Å². The van der Waals surface area contributed by atoms with Crippen LogP contribution in [-0.2, 0) is 9.53 Å². The van der Waals surface area contributed by atoms with Crippen molar-refractivity contribution in [2.24, 2.45) is 11.8 Å². The minimum Gasteiger partial charge on any atom is -0.378 e. The molecule has 0 bridgehead atoms. The van der Waals surface area contributed by atoms with Crippen LogP contribution in [0.15, 0.2) is 0 Å². The van der Waals surface area contributed by atoms with Crippen LogP contribution in [0.25, 0.3) is 0 Å². The first-order chi connectivity index (χ1) is 9.96. The van der Waals surface area contributed by atoms with Crippen LogP contribution in [0.1, 0.15) is 12.8 Å². The average molecular weight is 337 g/mol. The number of ether oxygens (including phenoxy) is 1. The van der Waals surface area contributed by atoms with E-state index in [0.29, 0.717) is 0 Å². The maximum Gasteiger partial charge on any atom is 0.450 e. The van der Waals surface area contributed by atoms with Crippen molar-refractivity contribution in [2.75, 3.05) is 7.11 Å². The topological polar surface area (TPSA) is 38.3 Å². The van der Waals surface area contributed by atoms with Crippen molar-refractivity contribution in [3.8, 4) is 0 Å². The molecule has 0 spiro atoms. The van der Waals surface area contributed by atoms with Crippen LogP contribution in [-0.4, -0.2) is 49.6 Å². The van der Waals surface area contributed by atoms with E-state index in [0.717, 1.165) is 7.11 Å². The summed E-state index contributed by atoms with van der Waals surface area (Å²) in [4.78, 5) is 11.5. The third kappa shape index (κ3) is 3.08. The highest BCUT2D eigenvalue weighted by molar-refractivity contribution is 5.87. The van der Waals surface area contributed by atoms with Crippen LogP contribution in [0.5, 0.6) is 0 Å². The van der Waals surface area contributed by atoms with Crippen LogP contribution >= 0.6 is 0 Å². The molecule has 128 valence electrons. The summed E-state index contributed by atoms with van der Waals surface area (Å²) < 4.78 is 95.3. The second-order valence-corrected chi connectivity index (χ2v) is 5.61. The molecule has 1 aliphatic heterocycles. The Hall–Kier alpha value is -0.900. The lowest BCUT2D eigenvalue weighted by Gasteiger charge is -2.35. The Balaban J connectivity index is 2.34. The molecule has 2 aliphatic rings. The highest BCUT2D eigenvalue weighted by atomic mass is 19.4. The number of carbonyl (C=O) groups is 1. The van der Waals surface area contributed by atoms with Gasteiger partial charge in [0.1, 0.15) is 12.2 Å². The van der Waals surface area contributed by atoms with Gasteiger partial charge in [-0.05, 0) is 18.8 Å². The van der Waals surface area contributed by atoms with E-state index in [1.807, 2.05) is 5.32 Å². The molecule has 6 unspecified atom stereocenters. The molecular formula is C12H14F7NO2. The Labute approximate surface area is 121 Å². The Morgan fingerprint density at radius 1 is 1.14 bits per heavy atom. The van der Waals surface area contributed by atoms with Crippen molar-refractivity contribution in [3.63, 3.8) is 0 Å². The van der Waals surface area contributed by atoms with Gasteiger partial charge in [0.15, 0.2) is 0 Å². The van der Waals surface area contributed by atoms with Gasteiger partial charge in [-0.3, -0.25) is 4.79 Å². The summed E-state index contributed by atoms with van der Waals surface area (Å²) in [7, 11) is 1.13. The zero-order valence-electron chi connectivity index (χ0n) is 11.3. The fraction of sp³-hybridized carbons (Fsp3) is 0.917. The molecule has 2 rings (SSSR count). The van der Waals surface area contributed by atoms with E-state index in [1.165, 1.54) is 0 Å². The van der Waals surface area contributed by atoms with Crippen molar-refractivity contribution in [2.45, 2.75) is 49.6 Å². The molecule has 1 aliphatic carbocycles. The molecule has 0 amide bonds. The van der Waals surface area contributed by atoms with Crippen LogP contribution in [0, 0.1) is 11.8 Å². The second kappa shape index (κ2) is 5.63. The third-order valence-electron chi connectivity index (χ3n) is 4.36. The fourth-order valence-corrected chi connectivity index (χ4v) is 3.40. The van der Waals surface area contributed by atoms with Gasteiger partial charge in [0.05, 0.1) is 12.0 Å². The van der Waals surface area contributed by atoms with Crippen molar-refractivity contribution >= 4 is 5.78 Å². The number of halogens is 7. The molecule has 1 saturated heterocycles. The first-order valence-electron chi connectivity index (χ1n) is 6.57. The van der Waals surface area contributed by atoms with Crippen molar-refractivity contribution in [1.82, 2.24) is 5.32 Å². The van der Waals surface area contributed by atoms with E-state index in [9.17, 15) is 35.5 Å². The van der Waals surface area contributed by atoms with E-state index in [4.69, 9.17) is 4.74 Å². The lowest BCUT2D eigenvalue weighted by molar-refractivity contribution is -0.192. The fourth-order valence-electron chi connectivity index (χ4n) is 3.40. The van der Waals surface area contributed by atoms with Crippen LogP contribution < -0.4 is 5.32 Å². The number of ketones is 1. The molecule has 1 heterocycles. The van der Waals surface area contributed by atoms with Crippen LogP contribution in [0.4, 0.5) is 30.7 Å². The standard InChI is InChI=1S/C12H14F7NO2/c1-22-7-2-4-6(3-5(7)13)20-9(11(14,15)16)8(4)10(21)12(17,18)19/h4-9,20H,2-3H2,1H3. The number of rotatable bonds is 2. The normalized spacial score (nSPS) is 39.6. The highest BCUT2D eigenvalue weighted by Crippen LogP contribution is 2.46. The molecule has 3 nitrogen and oxygen atoms in total. The Kier molecular flexibility index (Phi) is 4.46. The zero-order valence-corrected chi connectivity index (χ0v) is 11.3. The summed E-state index contributed by atoms with van der Waals surface area (Å²) in [5, 5.41) is 1.97. The smallest absolute Gasteiger partial charge is 0.378 e. The molecule has 6 atom stereocenters. The zero-order chi connectivity index (χ0) is 16.9. The molecule has 0 radical (unpaired) electrons. The number of carbonyl (C=O) groups excluding carboxylic acids is 1. The number of fused-ring (bicyclic) bond motifs is 1. The van der Waals surface area contributed by atoms with Gasteiger partial charge >= 0.3 is 12.4 Å². The quantitative estimate of drug-likeness (QED) is 0.787. The Bertz CT molecular complexity index is 436. The first-order valence-corrected chi connectivity index (χ1v) is 6.57. The average Bonchev–Trinajstić information content (AvgIpc) is 2.73. The van der Waals surface area contributed by atoms with E-state index in [1.54, 1.807) is 0 Å². The minimum absolute atomic E-state index is 0.367. The summed E-state index contributed by atoms with van der Waals surface area (Å²) in [5.74, 6) is -6.00. The second-order valence-electron chi connectivity index (χ2n) is 5.61. The summed E-state index contributed by atoms with van der Waals surface area (Å²) >= 11 is 0. The largest absolute Gasteiger partial charge is 0.450 e. The molecule has 1 N–H and O–H groups in total. The number of nitrogens with one attached hydrogen (secondary N) is 1. The molecule has 0 aromatic heterocycles. The van der Waals surface area contributed by atoms with Crippen molar-refractivity contribution in [3.05, 3.63) is 0 Å². The SMILES string of the molecule is COC1CC2C(CC1F)NC(C(F)(F)F)C2C(=O)C(F)(F)F. The van der Waals surface area contributed by atoms with Crippen LogP contribution in [0.3, 0.4) is 0 Å². The Morgan fingerprint density at radius 3 is 2.18 bits per heavy atom. The maximum atomic E-state index is 13.7. The van der Waals surface area contributed by atoms with Crippen molar-refractivity contribution < 1.29 is 40.3 Å². The molecule has 1 saturated carbocycles. The Morgan fingerprint density at radius 2 is 1.73 bits per heavy atom. The minimum atomic E-state index is -5.38. The highest BCUT2D eigenvalue weighted by Gasteiger charge is 2.63. The number of Topliss-reactive ketones (excluding diaryl/α,β-unsaturated/α-hetero) is 1. The lowest BCUT2D eigenvalue weighted by atomic mass is 9.74. The lowest BCUT2D eigenvalue weighted by Crippen LogP contribution is -2.48. The summed E-state index contributed by atoms with van der Waals surface area (Å²) in [6, 6.07) is -3.76. The number of alkyl halides is 7. The number of methoxy groups -OCH3 is 1. The number of hydrogen-bond acceptors (Lipinski definition) is 3. The molecule has 22 heavy (non-hydrogen) atoms. The molecule has 0 aromatic carbocycles. The van der Waals surface area contributed by atoms with Gasteiger partial charge in [0.2, 0.25) is 5.78 Å². The summed E-state index contributed by atoms with van der Waals surface area (Å²) in [6.07, 6.45) is -13.9. The van der Waals surface area contributed by atoms with E-state index < -0.39 is 60.8 Å². The van der Waals surface area contributed by atoms with Gasteiger partial charge in [-0.25, -0.2) is 4.39 Å². The van der Waals surface area contributed by atoms with E-state index in [2.05, 4.69) is 0 Å². The first kappa shape index (κ1) is 17.5. The predicted octanol–water partition coefficient (Wildman–Crippen LogP) is 2.40. The summed E-state index contributed by atoms with van der Waals surface area (Å²) in [6.45, 7) is 0. The third-order valence-corrected chi connectivity index (χ3v) is 4.36. The van der Waals surface area contributed by atoms with Gasteiger partial charge in [0.25, 0.3) is 0 Å². The van der Waals surface area contributed by atoms with Crippen molar-refractivity contribution in [1.29, 1.82) is 0 Å². The van der Waals surface area contributed by atoms with Gasteiger partial charge in [-0.15, -0.1) is 0 Å². The van der Waals surface area contributed by atoms with Gasteiger partial charge in [0, 0.05) is 13.2 Å².